The van der Waals surface area contributed by atoms with Crippen molar-refractivity contribution < 1.29 is 4.74 Å². The summed E-state index contributed by atoms with van der Waals surface area (Å²) in [5.41, 5.74) is 2.20. The molecule has 0 amide bonds. The largest absolute Gasteiger partial charge is 0.377 e. The third-order valence-electron chi connectivity index (χ3n) is 4.88. The zero-order chi connectivity index (χ0) is 20.1. The Hall–Kier alpha value is -2.47. The summed E-state index contributed by atoms with van der Waals surface area (Å²) in [6.45, 7) is 1.88. The lowest BCUT2D eigenvalue weighted by atomic mass is 10.1. The molecule has 0 saturated carbocycles. The van der Waals surface area contributed by atoms with Gasteiger partial charge in [0.25, 0.3) is 0 Å². The molecule has 1 unspecified atom stereocenters. The molecule has 0 spiro atoms. The monoisotopic (exact) mass is 522 g/mol. The number of rotatable bonds is 6. The van der Waals surface area contributed by atoms with Gasteiger partial charge in [0.15, 0.2) is 11.8 Å². The van der Waals surface area contributed by atoms with Gasteiger partial charge in [0, 0.05) is 45.6 Å². The van der Waals surface area contributed by atoms with E-state index in [0.717, 1.165) is 48.2 Å². The first kappa shape index (κ1) is 22.2. The zero-order valence-corrected chi connectivity index (χ0v) is 19.5. The van der Waals surface area contributed by atoms with E-state index in [0.29, 0.717) is 13.2 Å². The molecule has 0 aliphatic carbocycles. The van der Waals surface area contributed by atoms with Gasteiger partial charge < -0.3 is 15.4 Å². The van der Waals surface area contributed by atoms with Crippen molar-refractivity contribution in [1.82, 2.24) is 35.2 Å². The second-order valence-corrected chi connectivity index (χ2v) is 6.99. The number of aryl methyl sites for hydroxylation is 1. The number of guanidine groups is 1. The standard InChI is InChI=1S/C20H26N8O.HI/c1-21-20(22-12-15-5-3-6-17(11-15)27-10-4-9-23-27)24-16-7-8-19-25-18(14-29-2)26-28(19)13-16;/h3-6,9-11,16H,7-8,12-14H2,1-2H3,(H2,21,22,24);1H. The van der Waals surface area contributed by atoms with E-state index in [1.165, 1.54) is 0 Å². The molecule has 4 rings (SSSR count). The average Bonchev–Trinajstić information content (AvgIpc) is 3.41. The lowest BCUT2D eigenvalue weighted by molar-refractivity contribution is 0.177. The van der Waals surface area contributed by atoms with Crippen LogP contribution in [0.25, 0.3) is 5.69 Å². The van der Waals surface area contributed by atoms with E-state index in [9.17, 15) is 0 Å². The van der Waals surface area contributed by atoms with Crippen molar-refractivity contribution >= 4 is 29.9 Å². The maximum Gasteiger partial charge on any atom is 0.191 e. The Morgan fingerprint density at radius 1 is 1.33 bits per heavy atom. The van der Waals surface area contributed by atoms with E-state index in [-0.39, 0.29) is 30.0 Å². The van der Waals surface area contributed by atoms with Crippen LogP contribution < -0.4 is 10.6 Å². The molecule has 1 aliphatic rings. The second kappa shape index (κ2) is 10.5. The fraction of sp³-hybridized carbons (Fsp3) is 0.400. The van der Waals surface area contributed by atoms with E-state index in [1.807, 2.05) is 33.8 Å². The number of aromatic nitrogens is 5. The Bertz CT molecular complexity index is 969. The molecular formula is C20H27IN8O. The van der Waals surface area contributed by atoms with Crippen molar-refractivity contribution in [3.63, 3.8) is 0 Å². The van der Waals surface area contributed by atoms with E-state index >= 15 is 0 Å². The molecule has 160 valence electrons. The minimum Gasteiger partial charge on any atom is -0.377 e. The first-order valence-electron chi connectivity index (χ1n) is 9.73. The van der Waals surface area contributed by atoms with Crippen molar-refractivity contribution in [3.05, 3.63) is 59.9 Å². The van der Waals surface area contributed by atoms with E-state index in [1.54, 1.807) is 20.4 Å². The van der Waals surface area contributed by atoms with Gasteiger partial charge in [-0.1, -0.05) is 12.1 Å². The molecule has 0 saturated heterocycles. The van der Waals surface area contributed by atoms with Crippen LogP contribution in [0.15, 0.2) is 47.7 Å². The fourth-order valence-electron chi connectivity index (χ4n) is 3.47. The maximum atomic E-state index is 5.13. The first-order valence-corrected chi connectivity index (χ1v) is 9.73. The van der Waals surface area contributed by atoms with Gasteiger partial charge in [-0.15, -0.1) is 24.0 Å². The Labute approximate surface area is 193 Å². The first-order chi connectivity index (χ1) is 14.2. The lowest BCUT2D eigenvalue weighted by Crippen LogP contribution is -2.46. The van der Waals surface area contributed by atoms with Gasteiger partial charge in [-0.25, -0.2) is 14.3 Å². The SMILES string of the molecule is CN=C(NCc1cccc(-n2cccn2)c1)NC1CCc2nc(COC)nn2C1.I. The summed E-state index contributed by atoms with van der Waals surface area (Å²) in [4.78, 5) is 8.90. The maximum absolute atomic E-state index is 5.13. The van der Waals surface area contributed by atoms with Gasteiger partial charge in [-0.3, -0.25) is 4.99 Å². The molecule has 1 aromatic carbocycles. The van der Waals surface area contributed by atoms with Crippen molar-refractivity contribution in [2.45, 2.75) is 38.6 Å². The predicted molar refractivity (Wildman–Crippen MR) is 125 cm³/mol. The van der Waals surface area contributed by atoms with Crippen LogP contribution in [-0.2, 0) is 30.9 Å². The van der Waals surface area contributed by atoms with Crippen molar-refractivity contribution in [2.75, 3.05) is 14.2 Å². The average molecular weight is 522 g/mol. The summed E-state index contributed by atoms with van der Waals surface area (Å²) in [5, 5.41) is 15.7. The highest BCUT2D eigenvalue weighted by Crippen LogP contribution is 2.14. The molecule has 3 heterocycles. The lowest BCUT2D eigenvalue weighted by Gasteiger charge is -2.25. The number of nitrogens with zero attached hydrogens (tertiary/aromatic N) is 6. The summed E-state index contributed by atoms with van der Waals surface area (Å²) in [6.07, 6.45) is 5.59. The normalized spacial score (nSPS) is 15.9. The van der Waals surface area contributed by atoms with E-state index in [4.69, 9.17) is 4.74 Å². The van der Waals surface area contributed by atoms with Gasteiger partial charge in [0.05, 0.1) is 12.2 Å². The van der Waals surface area contributed by atoms with E-state index in [2.05, 4.69) is 42.9 Å². The van der Waals surface area contributed by atoms with Crippen LogP contribution in [0.1, 0.15) is 23.6 Å². The highest BCUT2D eigenvalue weighted by Gasteiger charge is 2.22. The zero-order valence-electron chi connectivity index (χ0n) is 17.2. The molecule has 1 atom stereocenters. The summed E-state index contributed by atoms with van der Waals surface area (Å²) >= 11 is 0. The van der Waals surface area contributed by atoms with Gasteiger partial charge >= 0.3 is 0 Å². The molecule has 9 nitrogen and oxygen atoms in total. The predicted octanol–water partition coefficient (Wildman–Crippen LogP) is 1.91. The quantitative estimate of drug-likeness (QED) is 0.292. The molecule has 30 heavy (non-hydrogen) atoms. The number of nitrogens with one attached hydrogen (secondary N) is 2. The van der Waals surface area contributed by atoms with Crippen LogP contribution in [0.2, 0.25) is 0 Å². The smallest absolute Gasteiger partial charge is 0.191 e. The van der Waals surface area contributed by atoms with Crippen molar-refractivity contribution in [1.29, 1.82) is 0 Å². The second-order valence-electron chi connectivity index (χ2n) is 6.99. The Balaban J connectivity index is 0.00000256. The number of benzene rings is 1. The van der Waals surface area contributed by atoms with E-state index < -0.39 is 0 Å². The minimum absolute atomic E-state index is 0. The van der Waals surface area contributed by atoms with Crippen LogP contribution in [0, 0.1) is 0 Å². The topological polar surface area (TPSA) is 94.2 Å². The van der Waals surface area contributed by atoms with Crippen molar-refractivity contribution in [2.24, 2.45) is 4.99 Å². The van der Waals surface area contributed by atoms with Crippen molar-refractivity contribution in [3.8, 4) is 5.69 Å². The van der Waals surface area contributed by atoms with Crippen LogP contribution >= 0.6 is 24.0 Å². The van der Waals surface area contributed by atoms with Crippen LogP contribution in [0.3, 0.4) is 0 Å². The summed E-state index contributed by atoms with van der Waals surface area (Å²) in [6, 6.07) is 10.5. The molecule has 0 fully saturated rings. The highest BCUT2D eigenvalue weighted by molar-refractivity contribution is 14.0. The summed E-state index contributed by atoms with van der Waals surface area (Å²) in [7, 11) is 3.45. The third-order valence-corrected chi connectivity index (χ3v) is 4.88. The number of ether oxygens (including phenoxy) is 1. The van der Waals surface area contributed by atoms with Crippen LogP contribution in [-0.4, -0.2) is 50.7 Å². The molecule has 10 heteroatoms. The summed E-state index contributed by atoms with van der Waals surface area (Å²) < 4.78 is 8.95. The molecule has 0 bridgehead atoms. The number of hydrogen-bond acceptors (Lipinski definition) is 5. The Morgan fingerprint density at radius 3 is 3.00 bits per heavy atom. The van der Waals surface area contributed by atoms with Gasteiger partial charge in [-0.2, -0.15) is 10.2 Å². The summed E-state index contributed by atoms with van der Waals surface area (Å²) in [5.74, 6) is 2.54. The molecule has 1 aliphatic heterocycles. The molecule has 2 aromatic heterocycles. The number of fused-ring (bicyclic) bond motifs is 1. The van der Waals surface area contributed by atoms with Crippen LogP contribution in [0.5, 0.6) is 0 Å². The number of aliphatic imine (C=N–C) groups is 1. The minimum atomic E-state index is 0. The van der Waals surface area contributed by atoms with Gasteiger partial charge in [0.1, 0.15) is 12.4 Å². The number of hydrogen-bond donors (Lipinski definition) is 2. The number of halogens is 1. The number of methoxy groups -OCH3 is 1. The molecule has 3 aromatic rings. The van der Waals surface area contributed by atoms with Gasteiger partial charge in [0.2, 0.25) is 0 Å². The molecular weight excluding hydrogens is 495 g/mol. The molecule has 0 radical (unpaired) electrons. The molecule has 2 N–H and O–H groups in total. The van der Waals surface area contributed by atoms with Crippen LogP contribution in [0.4, 0.5) is 0 Å². The Kier molecular flexibility index (Phi) is 7.80. The highest BCUT2D eigenvalue weighted by atomic mass is 127. The van der Waals surface area contributed by atoms with Gasteiger partial charge in [-0.05, 0) is 30.2 Å². The fourth-order valence-corrected chi connectivity index (χ4v) is 3.47. The third kappa shape index (κ3) is 5.36. The Morgan fingerprint density at radius 2 is 2.23 bits per heavy atom.